The number of hydrogen-bond acceptors (Lipinski definition) is 5. The summed E-state index contributed by atoms with van der Waals surface area (Å²) in [5.74, 6) is -1.36. The Bertz CT molecular complexity index is 763. The van der Waals surface area contributed by atoms with E-state index in [1.165, 1.54) is 36.4 Å². The van der Waals surface area contributed by atoms with Crippen LogP contribution in [0.5, 0.6) is 5.75 Å². The van der Waals surface area contributed by atoms with Gasteiger partial charge in [0.25, 0.3) is 0 Å². The molecule has 2 rings (SSSR count). The van der Waals surface area contributed by atoms with Gasteiger partial charge < -0.3 is 14.4 Å². The second kappa shape index (κ2) is 6.17. The van der Waals surface area contributed by atoms with E-state index >= 15 is 0 Å². The molecular weight excluding hydrogens is 308 g/mol. The standard InChI is InChI=1S/C15H14O6S/c1-10-2-8-13(9-3-10)22(19,20)21-12-6-4-11(5-7-12)14(16)15(17)18/h2-9,14,16H,1H3,(H,17,18). The molecule has 6 nitrogen and oxygen atoms in total. The van der Waals surface area contributed by atoms with Crippen molar-refractivity contribution in [2.24, 2.45) is 0 Å². The van der Waals surface area contributed by atoms with Gasteiger partial charge in [-0.25, -0.2) is 4.79 Å². The Balaban J connectivity index is 2.20. The van der Waals surface area contributed by atoms with Crippen molar-refractivity contribution in [3.8, 4) is 5.75 Å². The summed E-state index contributed by atoms with van der Waals surface area (Å²) >= 11 is 0. The first-order valence-electron chi connectivity index (χ1n) is 6.31. The lowest BCUT2D eigenvalue weighted by molar-refractivity contribution is -0.146. The fourth-order valence-electron chi connectivity index (χ4n) is 1.73. The van der Waals surface area contributed by atoms with Crippen LogP contribution in [0.1, 0.15) is 17.2 Å². The van der Waals surface area contributed by atoms with Gasteiger partial charge in [0.1, 0.15) is 10.6 Å². The van der Waals surface area contributed by atoms with E-state index in [0.717, 1.165) is 5.56 Å². The van der Waals surface area contributed by atoms with Crippen LogP contribution in [0, 0.1) is 6.92 Å². The molecule has 2 N–H and O–H groups in total. The Hall–Kier alpha value is -2.38. The minimum absolute atomic E-state index is 0.0211. The molecule has 0 heterocycles. The molecule has 0 saturated heterocycles. The number of aliphatic hydroxyl groups is 1. The highest BCUT2D eigenvalue weighted by Crippen LogP contribution is 2.22. The number of carboxylic acid groups (broad SMARTS) is 1. The smallest absolute Gasteiger partial charge is 0.339 e. The van der Waals surface area contributed by atoms with Gasteiger partial charge in [-0.05, 0) is 36.8 Å². The Kier molecular flexibility index (Phi) is 4.48. The Morgan fingerprint density at radius 3 is 2.09 bits per heavy atom. The maximum atomic E-state index is 12.1. The maximum absolute atomic E-state index is 12.1. The Labute approximate surface area is 127 Å². The van der Waals surface area contributed by atoms with Crippen LogP contribution in [0.25, 0.3) is 0 Å². The van der Waals surface area contributed by atoms with E-state index in [2.05, 4.69) is 0 Å². The van der Waals surface area contributed by atoms with Gasteiger partial charge in [0, 0.05) is 0 Å². The van der Waals surface area contributed by atoms with Gasteiger partial charge in [-0.1, -0.05) is 29.8 Å². The quantitative estimate of drug-likeness (QED) is 0.815. The summed E-state index contributed by atoms with van der Waals surface area (Å²) in [5.41, 5.74) is 1.05. The highest BCUT2D eigenvalue weighted by molar-refractivity contribution is 7.87. The van der Waals surface area contributed by atoms with Crippen molar-refractivity contribution >= 4 is 16.1 Å². The summed E-state index contributed by atoms with van der Waals surface area (Å²) in [5, 5.41) is 18.1. The van der Waals surface area contributed by atoms with Gasteiger partial charge in [0.2, 0.25) is 0 Å². The van der Waals surface area contributed by atoms with Crippen molar-refractivity contribution in [2.75, 3.05) is 0 Å². The molecule has 0 fully saturated rings. The van der Waals surface area contributed by atoms with E-state index < -0.39 is 22.2 Å². The first-order valence-corrected chi connectivity index (χ1v) is 7.72. The summed E-state index contributed by atoms with van der Waals surface area (Å²) in [6, 6.07) is 11.3. The van der Waals surface area contributed by atoms with Crippen molar-refractivity contribution in [1.82, 2.24) is 0 Å². The number of aliphatic carboxylic acids is 1. The number of rotatable bonds is 5. The lowest BCUT2D eigenvalue weighted by Crippen LogP contribution is -2.11. The van der Waals surface area contributed by atoms with Crippen LogP contribution in [-0.4, -0.2) is 24.6 Å². The van der Waals surface area contributed by atoms with Gasteiger partial charge in [-0.3, -0.25) is 0 Å². The summed E-state index contributed by atoms with van der Waals surface area (Å²) in [6.07, 6.45) is -1.66. The van der Waals surface area contributed by atoms with Crippen molar-refractivity contribution < 1.29 is 27.6 Å². The molecule has 2 aromatic rings. The molecule has 116 valence electrons. The molecule has 0 aliphatic carbocycles. The fraction of sp³-hybridized carbons (Fsp3) is 0.133. The molecule has 0 bridgehead atoms. The third-order valence-corrected chi connectivity index (χ3v) is 4.21. The molecule has 22 heavy (non-hydrogen) atoms. The summed E-state index contributed by atoms with van der Waals surface area (Å²) in [4.78, 5) is 10.7. The first-order chi connectivity index (χ1) is 10.3. The molecular formula is C15H14O6S. The SMILES string of the molecule is Cc1ccc(S(=O)(=O)Oc2ccc(C(O)C(=O)O)cc2)cc1. The van der Waals surface area contributed by atoms with Crippen LogP contribution in [0.4, 0.5) is 0 Å². The third-order valence-electron chi connectivity index (χ3n) is 2.95. The lowest BCUT2D eigenvalue weighted by Gasteiger charge is -2.09. The zero-order valence-corrected chi connectivity index (χ0v) is 12.4. The summed E-state index contributed by atoms with van der Waals surface area (Å²) < 4.78 is 29.1. The molecule has 0 aromatic heterocycles. The number of aryl methyl sites for hydroxylation is 1. The van der Waals surface area contributed by atoms with E-state index in [0.29, 0.717) is 0 Å². The zero-order chi connectivity index (χ0) is 16.3. The van der Waals surface area contributed by atoms with Gasteiger partial charge in [0.05, 0.1) is 0 Å². The summed E-state index contributed by atoms with van der Waals surface area (Å²) in [6.45, 7) is 1.84. The fourth-order valence-corrected chi connectivity index (χ4v) is 2.66. The maximum Gasteiger partial charge on any atom is 0.339 e. The molecule has 1 atom stereocenters. The molecule has 2 aromatic carbocycles. The van der Waals surface area contributed by atoms with Crippen LogP contribution < -0.4 is 4.18 Å². The number of hydrogen-bond donors (Lipinski definition) is 2. The van der Waals surface area contributed by atoms with Crippen molar-refractivity contribution in [1.29, 1.82) is 0 Å². The van der Waals surface area contributed by atoms with E-state index in [1.807, 2.05) is 6.92 Å². The normalized spacial score (nSPS) is 12.6. The van der Waals surface area contributed by atoms with Crippen LogP contribution in [-0.2, 0) is 14.9 Å². The van der Waals surface area contributed by atoms with Crippen molar-refractivity contribution in [3.05, 3.63) is 59.7 Å². The molecule has 0 saturated carbocycles. The minimum atomic E-state index is -3.96. The Morgan fingerprint density at radius 2 is 1.59 bits per heavy atom. The van der Waals surface area contributed by atoms with Gasteiger partial charge >= 0.3 is 16.1 Å². The van der Waals surface area contributed by atoms with E-state index in [9.17, 15) is 18.3 Å². The largest absolute Gasteiger partial charge is 0.479 e. The molecule has 0 spiro atoms. The van der Waals surface area contributed by atoms with E-state index in [4.69, 9.17) is 9.29 Å². The molecule has 7 heteroatoms. The summed E-state index contributed by atoms with van der Waals surface area (Å²) in [7, 11) is -3.96. The minimum Gasteiger partial charge on any atom is -0.479 e. The van der Waals surface area contributed by atoms with Crippen LogP contribution >= 0.6 is 0 Å². The average Bonchev–Trinajstić information content (AvgIpc) is 2.47. The van der Waals surface area contributed by atoms with Crippen LogP contribution in [0.2, 0.25) is 0 Å². The third kappa shape index (κ3) is 3.63. The van der Waals surface area contributed by atoms with Gasteiger partial charge in [-0.2, -0.15) is 8.42 Å². The predicted molar refractivity (Wildman–Crippen MR) is 78.0 cm³/mol. The van der Waals surface area contributed by atoms with E-state index in [1.54, 1.807) is 12.1 Å². The average molecular weight is 322 g/mol. The molecule has 0 radical (unpaired) electrons. The first kappa shape index (κ1) is 16.0. The highest BCUT2D eigenvalue weighted by atomic mass is 32.2. The van der Waals surface area contributed by atoms with Crippen LogP contribution in [0.15, 0.2) is 53.4 Å². The number of benzene rings is 2. The van der Waals surface area contributed by atoms with Gasteiger partial charge in [-0.15, -0.1) is 0 Å². The molecule has 0 aliphatic rings. The number of carboxylic acids is 1. The van der Waals surface area contributed by atoms with Crippen LogP contribution in [0.3, 0.4) is 0 Å². The van der Waals surface area contributed by atoms with Crippen molar-refractivity contribution in [2.45, 2.75) is 17.9 Å². The molecule has 0 amide bonds. The second-order valence-electron chi connectivity index (χ2n) is 4.66. The number of aliphatic hydroxyl groups excluding tert-OH is 1. The predicted octanol–water partition coefficient (Wildman–Crippen LogP) is 1.88. The van der Waals surface area contributed by atoms with Gasteiger partial charge in [0.15, 0.2) is 6.10 Å². The topological polar surface area (TPSA) is 101 Å². The number of carbonyl (C=O) groups is 1. The Morgan fingerprint density at radius 1 is 1.05 bits per heavy atom. The monoisotopic (exact) mass is 322 g/mol. The van der Waals surface area contributed by atoms with Crippen molar-refractivity contribution in [3.63, 3.8) is 0 Å². The zero-order valence-electron chi connectivity index (χ0n) is 11.6. The lowest BCUT2D eigenvalue weighted by atomic mass is 10.1. The molecule has 1 unspecified atom stereocenters. The second-order valence-corrected chi connectivity index (χ2v) is 6.21. The molecule has 0 aliphatic heterocycles. The van der Waals surface area contributed by atoms with E-state index in [-0.39, 0.29) is 16.2 Å². The highest BCUT2D eigenvalue weighted by Gasteiger charge is 2.18.